The first kappa shape index (κ1) is 14.4. The molecule has 92 valence electrons. The summed E-state index contributed by atoms with van der Waals surface area (Å²) in [6.45, 7) is 0. The maximum Gasteiger partial charge on any atom is 0.296 e. The van der Waals surface area contributed by atoms with Gasteiger partial charge >= 0.3 is 0 Å². The minimum atomic E-state index is -4.36. The topological polar surface area (TPSA) is 80.2 Å². The van der Waals surface area contributed by atoms with Crippen LogP contribution in [0.2, 0.25) is 10.3 Å². The third kappa shape index (κ3) is 2.78. The van der Waals surface area contributed by atoms with Crippen molar-refractivity contribution in [3.8, 4) is 0 Å². The highest BCUT2D eigenvalue weighted by molar-refractivity contribution is 7.86. The molecule has 1 N–H and O–H groups in total. The van der Waals surface area contributed by atoms with Crippen LogP contribution in [0.4, 0.5) is 0 Å². The number of para-hydroxylation sites is 1. The van der Waals surface area contributed by atoms with E-state index in [1.165, 1.54) is 18.2 Å². The van der Waals surface area contributed by atoms with Crippen LogP contribution in [0.25, 0.3) is 11.0 Å². The molecule has 0 saturated heterocycles. The van der Waals surface area contributed by atoms with Gasteiger partial charge in [-0.2, -0.15) is 8.42 Å². The van der Waals surface area contributed by atoms with E-state index in [-0.39, 0.29) is 38.6 Å². The molecule has 0 atom stereocenters. The standard InChI is InChI=1S/C8H4Cl2N2O3S.ClH/c9-7-8(10)12-6-4(11-7)2-1-3-5(6)16(13,14)15;/h1-3H,(H,13,14,15);1H. The van der Waals surface area contributed by atoms with Crippen molar-refractivity contribution >= 4 is 56.8 Å². The van der Waals surface area contributed by atoms with Crippen LogP contribution in [0.3, 0.4) is 0 Å². The Balaban J connectivity index is 0.00000144. The maximum absolute atomic E-state index is 11.1. The van der Waals surface area contributed by atoms with Crippen molar-refractivity contribution in [1.82, 2.24) is 9.97 Å². The van der Waals surface area contributed by atoms with Crippen LogP contribution < -0.4 is 0 Å². The number of fused-ring (bicyclic) bond motifs is 1. The molecule has 0 aliphatic carbocycles. The molecular formula is C8H5Cl3N2O3S. The SMILES string of the molecule is Cl.O=S(=O)(O)c1cccc2nc(Cl)c(Cl)nc12. The van der Waals surface area contributed by atoms with E-state index in [1.807, 2.05) is 0 Å². The molecule has 17 heavy (non-hydrogen) atoms. The fraction of sp³-hybridized carbons (Fsp3) is 0. The number of benzene rings is 1. The van der Waals surface area contributed by atoms with Gasteiger partial charge in [0.1, 0.15) is 10.4 Å². The van der Waals surface area contributed by atoms with Crippen molar-refractivity contribution in [2.45, 2.75) is 4.90 Å². The lowest BCUT2D eigenvalue weighted by Gasteiger charge is -2.03. The number of hydrogen-bond donors (Lipinski definition) is 1. The Morgan fingerprint density at radius 2 is 1.71 bits per heavy atom. The Hall–Kier alpha value is -0.660. The molecule has 0 amide bonds. The summed E-state index contributed by atoms with van der Waals surface area (Å²) in [5.74, 6) is 0. The maximum atomic E-state index is 11.1. The van der Waals surface area contributed by atoms with Gasteiger partial charge in [0, 0.05) is 0 Å². The summed E-state index contributed by atoms with van der Waals surface area (Å²) in [7, 11) is -4.36. The van der Waals surface area contributed by atoms with Crippen molar-refractivity contribution in [3.05, 3.63) is 28.5 Å². The molecule has 0 saturated carbocycles. The second kappa shape index (κ2) is 4.91. The van der Waals surface area contributed by atoms with Crippen LogP contribution in [-0.4, -0.2) is 22.9 Å². The summed E-state index contributed by atoms with van der Waals surface area (Å²) in [6, 6.07) is 4.14. The van der Waals surface area contributed by atoms with E-state index in [9.17, 15) is 8.42 Å². The monoisotopic (exact) mass is 314 g/mol. The van der Waals surface area contributed by atoms with Gasteiger partial charge in [0.15, 0.2) is 10.3 Å². The van der Waals surface area contributed by atoms with Crippen LogP contribution in [0.15, 0.2) is 23.1 Å². The molecule has 0 unspecified atom stereocenters. The summed E-state index contributed by atoms with van der Waals surface area (Å²) in [5, 5.41) is -0.146. The lowest BCUT2D eigenvalue weighted by molar-refractivity contribution is 0.484. The minimum Gasteiger partial charge on any atom is -0.282 e. The van der Waals surface area contributed by atoms with Crippen LogP contribution in [0.5, 0.6) is 0 Å². The van der Waals surface area contributed by atoms with Gasteiger partial charge in [-0.05, 0) is 12.1 Å². The quantitative estimate of drug-likeness (QED) is 0.818. The van der Waals surface area contributed by atoms with E-state index in [1.54, 1.807) is 0 Å². The van der Waals surface area contributed by atoms with E-state index in [2.05, 4.69) is 9.97 Å². The average Bonchev–Trinajstić information content (AvgIpc) is 2.17. The average molecular weight is 316 g/mol. The van der Waals surface area contributed by atoms with Crippen LogP contribution >= 0.6 is 35.6 Å². The van der Waals surface area contributed by atoms with Gasteiger partial charge in [0.25, 0.3) is 10.1 Å². The zero-order valence-electron chi connectivity index (χ0n) is 7.96. The molecule has 0 spiro atoms. The van der Waals surface area contributed by atoms with Gasteiger partial charge in [0.2, 0.25) is 0 Å². The lowest BCUT2D eigenvalue weighted by atomic mass is 10.3. The molecule has 1 aromatic carbocycles. The first-order chi connectivity index (χ1) is 7.39. The van der Waals surface area contributed by atoms with Crippen LogP contribution in [-0.2, 0) is 10.1 Å². The van der Waals surface area contributed by atoms with E-state index in [0.29, 0.717) is 0 Å². The Morgan fingerprint density at radius 1 is 1.12 bits per heavy atom. The number of hydrogen-bond acceptors (Lipinski definition) is 4. The largest absolute Gasteiger partial charge is 0.296 e. The van der Waals surface area contributed by atoms with E-state index < -0.39 is 10.1 Å². The number of halogens is 3. The normalized spacial score (nSPS) is 11.2. The van der Waals surface area contributed by atoms with Crippen molar-refractivity contribution < 1.29 is 13.0 Å². The number of nitrogens with zero attached hydrogens (tertiary/aromatic N) is 2. The second-order valence-electron chi connectivity index (χ2n) is 2.90. The van der Waals surface area contributed by atoms with E-state index in [4.69, 9.17) is 27.8 Å². The predicted octanol–water partition coefficient (Wildman–Crippen LogP) is 2.61. The van der Waals surface area contributed by atoms with Crippen molar-refractivity contribution in [1.29, 1.82) is 0 Å². The Kier molecular flexibility index (Phi) is 4.16. The molecule has 0 bridgehead atoms. The molecule has 1 aromatic heterocycles. The van der Waals surface area contributed by atoms with Gasteiger partial charge in [-0.15, -0.1) is 12.4 Å². The molecule has 0 aliphatic heterocycles. The molecule has 5 nitrogen and oxygen atoms in total. The van der Waals surface area contributed by atoms with Crippen molar-refractivity contribution in [3.63, 3.8) is 0 Å². The third-order valence-electron chi connectivity index (χ3n) is 1.85. The van der Waals surface area contributed by atoms with E-state index in [0.717, 1.165) is 0 Å². The van der Waals surface area contributed by atoms with Crippen LogP contribution in [0, 0.1) is 0 Å². The molecule has 9 heteroatoms. The number of rotatable bonds is 1. The highest BCUT2D eigenvalue weighted by atomic mass is 35.5. The Morgan fingerprint density at radius 3 is 2.29 bits per heavy atom. The minimum absolute atomic E-state index is 0. The summed E-state index contributed by atoms with van der Waals surface area (Å²) >= 11 is 11.3. The molecule has 0 aliphatic rings. The lowest BCUT2D eigenvalue weighted by Crippen LogP contribution is -2.01. The van der Waals surface area contributed by atoms with E-state index >= 15 is 0 Å². The zero-order chi connectivity index (χ0) is 11.9. The molecule has 1 heterocycles. The summed E-state index contributed by atoms with van der Waals surface area (Å²) in [4.78, 5) is 7.27. The van der Waals surface area contributed by atoms with Gasteiger partial charge in [-0.25, -0.2) is 9.97 Å². The Bertz CT molecular complexity index is 675. The highest BCUT2D eigenvalue weighted by Gasteiger charge is 2.16. The third-order valence-corrected chi connectivity index (χ3v) is 3.36. The molecule has 0 fully saturated rings. The van der Waals surface area contributed by atoms with Gasteiger partial charge in [0.05, 0.1) is 5.52 Å². The van der Waals surface area contributed by atoms with Gasteiger partial charge in [-0.3, -0.25) is 4.55 Å². The summed E-state index contributed by atoms with van der Waals surface area (Å²) in [5.41, 5.74) is 0.226. The highest BCUT2D eigenvalue weighted by Crippen LogP contribution is 2.25. The van der Waals surface area contributed by atoms with Crippen molar-refractivity contribution in [2.24, 2.45) is 0 Å². The molecule has 0 radical (unpaired) electrons. The molecule has 2 aromatic rings. The van der Waals surface area contributed by atoms with Crippen molar-refractivity contribution in [2.75, 3.05) is 0 Å². The zero-order valence-corrected chi connectivity index (χ0v) is 11.1. The first-order valence-corrected chi connectivity index (χ1v) is 6.18. The molecular weight excluding hydrogens is 311 g/mol. The van der Waals surface area contributed by atoms with Crippen LogP contribution in [0.1, 0.15) is 0 Å². The smallest absolute Gasteiger partial charge is 0.282 e. The predicted molar refractivity (Wildman–Crippen MR) is 66.6 cm³/mol. The fourth-order valence-corrected chi connectivity index (χ4v) is 2.12. The second-order valence-corrected chi connectivity index (χ2v) is 5.01. The fourth-order valence-electron chi connectivity index (χ4n) is 1.22. The Labute approximate surface area is 113 Å². The summed E-state index contributed by atoms with van der Waals surface area (Å²) in [6.07, 6.45) is 0. The van der Waals surface area contributed by atoms with Gasteiger partial charge < -0.3 is 0 Å². The molecule has 2 rings (SSSR count). The summed E-state index contributed by atoms with van der Waals surface area (Å²) < 4.78 is 31.1. The number of aromatic nitrogens is 2. The first-order valence-electron chi connectivity index (χ1n) is 3.99. The van der Waals surface area contributed by atoms with Gasteiger partial charge in [-0.1, -0.05) is 29.3 Å².